The van der Waals surface area contributed by atoms with Crippen LogP contribution in [0.25, 0.3) is 0 Å². The molecule has 0 aliphatic carbocycles. The predicted molar refractivity (Wildman–Crippen MR) is 71.1 cm³/mol. The van der Waals surface area contributed by atoms with E-state index in [4.69, 9.17) is 13.3 Å². The van der Waals surface area contributed by atoms with E-state index < -0.39 is 8.80 Å². The van der Waals surface area contributed by atoms with E-state index in [1.807, 2.05) is 0 Å². The van der Waals surface area contributed by atoms with Gasteiger partial charge >= 0.3 is 8.80 Å². The molecular weight excluding hydrogens is 327 g/mol. The van der Waals surface area contributed by atoms with E-state index in [-0.39, 0.29) is 0 Å². The Balaban J connectivity index is 3.54. The third kappa shape index (κ3) is 6.82. The number of hydrogen-bond acceptors (Lipinski definition) is 5. The van der Waals surface area contributed by atoms with Gasteiger partial charge in [-0.2, -0.15) is 0 Å². The van der Waals surface area contributed by atoms with Crippen molar-refractivity contribution in [2.24, 2.45) is 0 Å². The number of halogens is 1. The van der Waals surface area contributed by atoms with Gasteiger partial charge in [-0.05, 0) is 13.0 Å². The highest BCUT2D eigenvalue weighted by atomic mass is 127. The van der Waals surface area contributed by atoms with Crippen molar-refractivity contribution in [3.63, 3.8) is 0 Å². The smallest absolute Gasteiger partial charge is 0.377 e. The molecule has 0 aromatic rings. The molecule has 0 bridgehead atoms. The topological polar surface area (TPSA) is 51.8 Å². The average Bonchev–Trinajstić information content (AvgIpc) is 2.29. The molecular formula is C8H21IN2O3Si. The summed E-state index contributed by atoms with van der Waals surface area (Å²) >= 11 is 2.14. The standard InChI is InChI=1S/C8H21IN2O3Si/c1-12-15(13-2,14-3)8-4-5-10-6-7-11-9/h10-11H,4-8H2,1-3H3. The van der Waals surface area contributed by atoms with Gasteiger partial charge in [-0.1, -0.05) is 0 Å². The summed E-state index contributed by atoms with van der Waals surface area (Å²) in [7, 11) is 2.59. The van der Waals surface area contributed by atoms with Crippen molar-refractivity contribution in [1.29, 1.82) is 0 Å². The van der Waals surface area contributed by atoms with Crippen molar-refractivity contribution in [3.05, 3.63) is 0 Å². The lowest BCUT2D eigenvalue weighted by Crippen LogP contribution is -2.43. The van der Waals surface area contributed by atoms with Crippen molar-refractivity contribution >= 4 is 31.7 Å². The van der Waals surface area contributed by atoms with Gasteiger partial charge in [-0.25, -0.2) is 0 Å². The average molecular weight is 348 g/mol. The van der Waals surface area contributed by atoms with Gasteiger partial charge in [0.2, 0.25) is 0 Å². The normalized spacial score (nSPS) is 12.0. The first-order chi connectivity index (χ1) is 7.24. The summed E-state index contributed by atoms with van der Waals surface area (Å²) in [5, 5.41) is 3.32. The monoisotopic (exact) mass is 348 g/mol. The zero-order valence-electron chi connectivity index (χ0n) is 9.64. The first-order valence-corrected chi connectivity index (χ1v) is 7.95. The fourth-order valence-electron chi connectivity index (χ4n) is 1.25. The van der Waals surface area contributed by atoms with E-state index in [9.17, 15) is 0 Å². The molecule has 0 aromatic carbocycles. The Morgan fingerprint density at radius 1 is 1.00 bits per heavy atom. The van der Waals surface area contributed by atoms with E-state index in [0.29, 0.717) is 0 Å². The van der Waals surface area contributed by atoms with Crippen molar-refractivity contribution in [3.8, 4) is 0 Å². The van der Waals surface area contributed by atoms with E-state index >= 15 is 0 Å². The first-order valence-electron chi connectivity index (χ1n) is 4.94. The Hall–Kier alpha value is 0.747. The molecule has 0 atom stereocenters. The second-order valence-electron chi connectivity index (χ2n) is 3.03. The van der Waals surface area contributed by atoms with Crippen LogP contribution in [0.5, 0.6) is 0 Å². The second-order valence-corrected chi connectivity index (χ2v) is 6.89. The van der Waals surface area contributed by atoms with Gasteiger partial charge < -0.3 is 18.6 Å². The summed E-state index contributed by atoms with van der Waals surface area (Å²) in [5.74, 6) is 0. The van der Waals surface area contributed by atoms with Crippen LogP contribution in [-0.4, -0.2) is 49.8 Å². The Labute approximate surface area is 107 Å². The summed E-state index contributed by atoms with van der Waals surface area (Å²) in [6, 6.07) is 0.848. The molecule has 5 nitrogen and oxygen atoms in total. The van der Waals surface area contributed by atoms with Gasteiger partial charge in [0.1, 0.15) is 0 Å². The lowest BCUT2D eigenvalue weighted by Gasteiger charge is -2.24. The van der Waals surface area contributed by atoms with Gasteiger partial charge in [0.25, 0.3) is 0 Å². The van der Waals surface area contributed by atoms with Crippen molar-refractivity contribution in [2.75, 3.05) is 41.0 Å². The summed E-state index contributed by atoms with van der Waals surface area (Å²) in [5.41, 5.74) is 0. The maximum Gasteiger partial charge on any atom is 0.500 e. The Morgan fingerprint density at radius 2 is 1.60 bits per heavy atom. The third-order valence-corrected chi connectivity index (χ3v) is 5.54. The first kappa shape index (κ1) is 15.7. The fraction of sp³-hybridized carbons (Fsp3) is 1.00. The summed E-state index contributed by atoms with van der Waals surface area (Å²) < 4.78 is 19.0. The van der Waals surface area contributed by atoms with Crippen molar-refractivity contribution in [2.45, 2.75) is 12.5 Å². The lowest BCUT2D eigenvalue weighted by molar-refractivity contribution is 0.123. The van der Waals surface area contributed by atoms with Crippen LogP contribution in [-0.2, 0) is 13.3 Å². The minimum Gasteiger partial charge on any atom is -0.377 e. The second kappa shape index (κ2) is 9.94. The van der Waals surface area contributed by atoms with Crippen LogP contribution in [0, 0.1) is 0 Å². The van der Waals surface area contributed by atoms with Crippen LogP contribution in [0.1, 0.15) is 6.42 Å². The highest BCUT2D eigenvalue weighted by Crippen LogP contribution is 2.14. The molecule has 92 valence electrons. The molecule has 2 N–H and O–H groups in total. The maximum absolute atomic E-state index is 5.32. The van der Waals surface area contributed by atoms with Crippen molar-refractivity contribution < 1.29 is 13.3 Å². The van der Waals surface area contributed by atoms with E-state index in [1.165, 1.54) is 0 Å². The molecule has 15 heavy (non-hydrogen) atoms. The van der Waals surface area contributed by atoms with Crippen LogP contribution < -0.4 is 8.85 Å². The van der Waals surface area contributed by atoms with Gasteiger partial charge in [0.15, 0.2) is 0 Å². The van der Waals surface area contributed by atoms with Crippen LogP contribution >= 0.6 is 22.9 Å². The lowest BCUT2D eigenvalue weighted by atomic mass is 10.5. The number of rotatable bonds is 10. The minimum atomic E-state index is -2.34. The van der Waals surface area contributed by atoms with E-state index in [1.54, 1.807) is 21.3 Å². The van der Waals surface area contributed by atoms with E-state index in [0.717, 1.165) is 32.1 Å². The molecule has 0 saturated carbocycles. The van der Waals surface area contributed by atoms with Gasteiger partial charge in [0, 0.05) is 63.3 Å². The van der Waals surface area contributed by atoms with Crippen molar-refractivity contribution in [1.82, 2.24) is 8.85 Å². The molecule has 0 saturated heterocycles. The maximum atomic E-state index is 5.32. The zero-order valence-corrected chi connectivity index (χ0v) is 12.8. The van der Waals surface area contributed by atoms with Crippen LogP contribution in [0.3, 0.4) is 0 Å². The Morgan fingerprint density at radius 3 is 2.07 bits per heavy atom. The van der Waals surface area contributed by atoms with Crippen LogP contribution in [0.2, 0.25) is 6.04 Å². The Kier molecular flexibility index (Phi) is 10.4. The molecule has 7 heteroatoms. The molecule has 0 aliphatic heterocycles. The Bertz CT molecular complexity index is 142. The number of hydrogen-bond donors (Lipinski definition) is 2. The van der Waals surface area contributed by atoms with Gasteiger partial charge in [0.05, 0.1) is 0 Å². The quantitative estimate of drug-likeness (QED) is 0.265. The molecule has 0 rings (SSSR count). The largest absolute Gasteiger partial charge is 0.500 e. The molecule has 0 fully saturated rings. The highest BCUT2D eigenvalue weighted by Gasteiger charge is 2.36. The summed E-state index contributed by atoms with van der Waals surface area (Å²) in [6.45, 7) is 2.91. The van der Waals surface area contributed by atoms with Crippen LogP contribution in [0.15, 0.2) is 0 Å². The molecule has 0 heterocycles. The third-order valence-electron chi connectivity index (χ3n) is 2.17. The summed E-state index contributed by atoms with van der Waals surface area (Å²) in [6.07, 6.45) is 1.00. The molecule has 0 spiro atoms. The molecule has 0 amide bonds. The van der Waals surface area contributed by atoms with Crippen LogP contribution in [0.4, 0.5) is 0 Å². The van der Waals surface area contributed by atoms with Gasteiger partial charge in [-0.3, -0.25) is 3.53 Å². The minimum absolute atomic E-state index is 0.848. The SMILES string of the molecule is CO[Si](CCCNCCNI)(OC)OC. The summed E-state index contributed by atoms with van der Waals surface area (Å²) in [4.78, 5) is 0. The molecule has 0 unspecified atom stereocenters. The molecule has 0 aromatic heterocycles. The van der Waals surface area contributed by atoms with E-state index in [2.05, 4.69) is 31.7 Å². The molecule has 0 radical (unpaired) electrons. The molecule has 0 aliphatic rings. The van der Waals surface area contributed by atoms with Gasteiger partial charge in [-0.15, -0.1) is 0 Å². The predicted octanol–water partition coefficient (Wildman–Crippen LogP) is 0.784. The fourth-order valence-corrected chi connectivity index (χ4v) is 3.24. The zero-order chi connectivity index (χ0) is 11.6. The highest BCUT2D eigenvalue weighted by molar-refractivity contribution is 14.1. The number of nitrogens with one attached hydrogen (secondary N) is 2.